The molecule has 0 bridgehead atoms. The minimum atomic E-state index is -0.265. The maximum atomic E-state index is 12.4. The number of benzene rings is 1. The Balaban J connectivity index is 0.00000161. The number of allylic oxidation sites excluding steroid dienone is 6. The highest BCUT2D eigenvalue weighted by molar-refractivity contribution is 6.20. The van der Waals surface area contributed by atoms with Crippen LogP contribution in [-0.4, -0.2) is 23.8 Å². The predicted octanol–water partition coefficient (Wildman–Crippen LogP) is 2.91. The summed E-state index contributed by atoms with van der Waals surface area (Å²) in [6.45, 7) is 0. The second-order valence-corrected chi connectivity index (χ2v) is 4.45. The number of fused-ring (bicyclic) bond motifs is 1. The summed E-state index contributed by atoms with van der Waals surface area (Å²) in [5, 5.41) is 18.5. The topological polar surface area (TPSA) is 73.6 Å². The van der Waals surface area contributed by atoms with Crippen LogP contribution in [0.5, 0.6) is 5.75 Å². The third-order valence-corrected chi connectivity index (χ3v) is 3.26. The lowest BCUT2D eigenvalue weighted by Gasteiger charge is -2.14. The maximum Gasteiger partial charge on any atom is 0.214 e. The van der Waals surface area contributed by atoms with Crippen molar-refractivity contribution in [2.45, 2.75) is 0 Å². The molecule has 2 N–H and O–H groups in total. The average molecular weight is 305 g/mol. The summed E-state index contributed by atoms with van der Waals surface area (Å²) in [7, 11) is 1.52. The number of hydrogen-bond acceptors (Lipinski definition) is 5. The number of Topliss-reactive ketones (excluding diaryl/α,β-unsaturated/α-hetero) is 1. The fourth-order valence-corrected chi connectivity index (χ4v) is 2.23. The van der Waals surface area contributed by atoms with Gasteiger partial charge in [-0.05, 0) is 30.4 Å². The molecule has 3 rings (SSSR count). The van der Waals surface area contributed by atoms with E-state index in [9.17, 15) is 10.0 Å². The molecule has 0 unspecified atom stereocenters. The normalized spacial score (nSPS) is 16.2. The first-order valence-electron chi connectivity index (χ1n) is 6.02. The molecule has 6 heteroatoms. The molecule has 0 radical (unpaired) electrons. The molecule has 0 amide bonds. The summed E-state index contributed by atoms with van der Waals surface area (Å²) in [4.78, 5) is 12.4. The van der Waals surface area contributed by atoms with Gasteiger partial charge in [0.25, 0.3) is 0 Å². The fourth-order valence-electron chi connectivity index (χ4n) is 2.23. The van der Waals surface area contributed by atoms with Crippen LogP contribution in [0.2, 0.25) is 0 Å². The van der Waals surface area contributed by atoms with Gasteiger partial charge in [-0.2, -0.15) is 0 Å². The number of hydroxylamine groups is 1. The second-order valence-electron chi connectivity index (χ2n) is 4.45. The van der Waals surface area contributed by atoms with Crippen LogP contribution < -0.4 is 9.80 Å². The molecule has 0 atom stereocenters. The SMILES string of the molecule is COc1ccc2c(c1)C(=O)C(=C1C=CC(=N)C=C1)N2O.Cl. The molecule has 1 aromatic carbocycles. The van der Waals surface area contributed by atoms with Crippen molar-refractivity contribution in [2.75, 3.05) is 12.2 Å². The van der Waals surface area contributed by atoms with Gasteiger partial charge in [-0.15, -0.1) is 12.4 Å². The summed E-state index contributed by atoms with van der Waals surface area (Å²) < 4.78 is 5.09. The van der Waals surface area contributed by atoms with Crippen molar-refractivity contribution in [3.05, 3.63) is 59.3 Å². The second kappa shape index (κ2) is 5.55. The number of halogens is 1. The Morgan fingerprint density at radius 1 is 1.19 bits per heavy atom. The van der Waals surface area contributed by atoms with Gasteiger partial charge in [-0.1, -0.05) is 12.2 Å². The highest BCUT2D eigenvalue weighted by Gasteiger charge is 2.33. The summed E-state index contributed by atoms with van der Waals surface area (Å²) in [5.41, 5.74) is 1.94. The van der Waals surface area contributed by atoms with Gasteiger partial charge in [0.05, 0.1) is 24.1 Å². The van der Waals surface area contributed by atoms with Gasteiger partial charge in [0.15, 0.2) is 0 Å². The van der Waals surface area contributed by atoms with Crippen LogP contribution in [0.1, 0.15) is 10.4 Å². The number of carbonyl (C=O) groups is 1. The van der Waals surface area contributed by atoms with E-state index in [2.05, 4.69) is 0 Å². The number of anilines is 1. The van der Waals surface area contributed by atoms with Gasteiger partial charge in [-0.25, -0.2) is 5.06 Å². The van der Waals surface area contributed by atoms with Gasteiger partial charge < -0.3 is 10.1 Å². The monoisotopic (exact) mass is 304 g/mol. The van der Waals surface area contributed by atoms with Crippen molar-refractivity contribution in [3.63, 3.8) is 0 Å². The zero-order chi connectivity index (χ0) is 14.3. The number of ketones is 1. The predicted molar refractivity (Wildman–Crippen MR) is 81.9 cm³/mol. The Bertz CT molecular complexity index is 702. The summed E-state index contributed by atoms with van der Waals surface area (Å²) in [5.74, 6) is 0.299. The Morgan fingerprint density at radius 2 is 1.86 bits per heavy atom. The van der Waals surface area contributed by atoms with Crippen LogP contribution in [0, 0.1) is 5.41 Å². The molecular weight excluding hydrogens is 292 g/mol. The van der Waals surface area contributed by atoms with Crippen LogP contribution in [0.25, 0.3) is 0 Å². The van der Waals surface area contributed by atoms with E-state index in [1.54, 1.807) is 42.5 Å². The van der Waals surface area contributed by atoms with Gasteiger partial charge in [-0.3, -0.25) is 10.0 Å². The van der Waals surface area contributed by atoms with Crippen molar-refractivity contribution in [1.82, 2.24) is 0 Å². The molecule has 0 fully saturated rings. The molecule has 0 saturated heterocycles. The molecule has 1 aliphatic carbocycles. The first-order valence-corrected chi connectivity index (χ1v) is 6.02. The smallest absolute Gasteiger partial charge is 0.214 e. The van der Waals surface area contributed by atoms with Gasteiger partial charge in [0.1, 0.15) is 11.4 Å². The van der Waals surface area contributed by atoms with Gasteiger partial charge in [0.2, 0.25) is 5.78 Å². The van der Waals surface area contributed by atoms with E-state index >= 15 is 0 Å². The van der Waals surface area contributed by atoms with Crippen molar-refractivity contribution in [2.24, 2.45) is 0 Å². The first kappa shape index (κ1) is 15.0. The van der Waals surface area contributed by atoms with E-state index in [1.165, 1.54) is 7.11 Å². The van der Waals surface area contributed by atoms with Crippen molar-refractivity contribution < 1.29 is 14.7 Å². The molecule has 2 aliphatic rings. The Morgan fingerprint density at radius 3 is 2.48 bits per heavy atom. The molecule has 0 spiro atoms. The van der Waals surface area contributed by atoms with E-state index < -0.39 is 0 Å². The highest BCUT2D eigenvalue weighted by Crippen LogP contribution is 2.37. The number of ether oxygens (including phenoxy) is 1. The summed E-state index contributed by atoms with van der Waals surface area (Å²) in [6.07, 6.45) is 6.43. The van der Waals surface area contributed by atoms with E-state index in [-0.39, 0.29) is 23.9 Å². The van der Waals surface area contributed by atoms with Crippen molar-refractivity contribution in [3.8, 4) is 5.75 Å². The summed E-state index contributed by atoms with van der Waals surface area (Å²) >= 11 is 0. The third-order valence-electron chi connectivity index (χ3n) is 3.26. The number of nitrogens with one attached hydrogen (secondary N) is 1. The standard InChI is InChI=1S/C15H12N2O3.ClH/c1-20-11-6-7-13-12(8-11)15(18)14(17(13)19)9-2-4-10(16)5-3-9;/h2-8,16,19H,1H3;1H. The molecule has 1 aromatic rings. The molecule has 1 heterocycles. The zero-order valence-corrected chi connectivity index (χ0v) is 12.0. The van der Waals surface area contributed by atoms with E-state index in [4.69, 9.17) is 10.1 Å². The molecule has 0 aromatic heterocycles. The van der Waals surface area contributed by atoms with E-state index in [0.29, 0.717) is 28.3 Å². The number of hydrogen-bond donors (Lipinski definition) is 2. The maximum absolute atomic E-state index is 12.4. The minimum Gasteiger partial charge on any atom is -0.497 e. The highest BCUT2D eigenvalue weighted by atomic mass is 35.5. The Kier molecular flexibility index (Phi) is 3.97. The van der Waals surface area contributed by atoms with Crippen LogP contribution in [0.3, 0.4) is 0 Å². The van der Waals surface area contributed by atoms with Gasteiger partial charge >= 0.3 is 0 Å². The van der Waals surface area contributed by atoms with Crippen LogP contribution in [0.4, 0.5) is 5.69 Å². The molecular formula is C15H13ClN2O3. The van der Waals surface area contributed by atoms with Gasteiger partial charge in [0, 0.05) is 5.57 Å². The lowest BCUT2D eigenvalue weighted by atomic mass is 10.0. The first-order chi connectivity index (χ1) is 9.61. The number of nitrogens with zero attached hydrogens (tertiary/aromatic N) is 1. The van der Waals surface area contributed by atoms with Crippen LogP contribution in [-0.2, 0) is 0 Å². The fraction of sp³-hybridized carbons (Fsp3) is 0.0667. The lowest BCUT2D eigenvalue weighted by Crippen LogP contribution is -2.17. The average Bonchev–Trinajstić information content (AvgIpc) is 2.72. The Hall–Kier alpha value is -2.37. The number of carbonyl (C=O) groups excluding carboxylic acids is 1. The number of methoxy groups -OCH3 is 1. The Labute approximate surface area is 127 Å². The van der Waals surface area contributed by atoms with Crippen LogP contribution in [0.15, 0.2) is 53.8 Å². The van der Waals surface area contributed by atoms with Crippen LogP contribution >= 0.6 is 12.4 Å². The molecule has 1 aliphatic heterocycles. The molecule has 108 valence electrons. The largest absolute Gasteiger partial charge is 0.497 e. The minimum absolute atomic E-state index is 0. The molecule has 0 saturated carbocycles. The summed E-state index contributed by atoms with van der Waals surface area (Å²) in [6, 6.07) is 4.93. The van der Waals surface area contributed by atoms with Crippen molar-refractivity contribution >= 4 is 29.6 Å². The lowest BCUT2D eigenvalue weighted by molar-refractivity contribution is 0.102. The molecule has 21 heavy (non-hydrogen) atoms. The van der Waals surface area contributed by atoms with E-state index in [1.807, 2.05) is 0 Å². The molecule has 5 nitrogen and oxygen atoms in total. The zero-order valence-electron chi connectivity index (χ0n) is 11.2. The van der Waals surface area contributed by atoms with Crippen molar-refractivity contribution in [1.29, 1.82) is 5.41 Å². The third kappa shape index (κ3) is 2.37. The number of rotatable bonds is 1. The van der Waals surface area contributed by atoms with E-state index in [0.717, 1.165) is 5.06 Å². The quantitative estimate of drug-likeness (QED) is 0.782.